The van der Waals surface area contributed by atoms with Gasteiger partial charge >= 0.3 is 35.9 Å². The number of aliphatic imine (C=N–C) groups is 2. The Balaban J connectivity index is 0.000000191. The largest absolute Gasteiger partial charge is 0.466 e. The van der Waals surface area contributed by atoms with E-state index in [2.05, 4.69) is 30.4 Å². The van der Waals surface area contributed by atoms with Gasteiger partial charge in [-0.3, -0.25) is 34.4 Å². The molecular formula is C64H64Cl2F2N12O11S2. The summed E-state index contributed by atoms with van der Waals surface area (Å²) in [5.74, 6) is -1.99. The minimum Gasteiger partial charge on any atom is -0.466 e. The van der Waals surface area contributed by atoms with Crippen molar-refractivity contribution in [1.82, 2.24) is 40.2 Å². The van der Waals surface area contributed by atoms with Crippen molar-refractivity contribution in [3.05, 3.63) is 185 Å². The highest BCUT2D eigenvalue weighted by Gasteiger charge is 2.45. The van der Waals surface area contributed by atoms with Gasteiger partial charge in [0.15, 0.2) is 21.7 Å². The lowest BCUT2D eigenvalue weighted by molar-refractivity contribution is -0.149. The highest BCUT2D eigenvalue weighted by molar-refractivity contribution is 7.12. The van der Waals surface area contributed by atoms with Crippen molar-refractivity contribution >= 4 is 105 Å². The summed E-state index contributed by atoms with van der Waals surface area (Å²) < 4.78 is 53.7. The molecule has 0 saturated carbocycles. The number of carbonyl (C=O) groups excluding carboxylic acids is 6. The maximum absolute atomic E-state index is 14.0. The lowest BCUT2D eigenvalue weighted by Gasteiger charge is -2.38. The average molecular weight is 1350 g/mol. The van der Waals surface area contributed by atoms with Crippen LogP contribution in [-0.2, 0) is 56.1 Å². The number of carbonyl (C=O) groups is 6. The number of aromatic nitrogens is 2. The van der Waals surface area contributed by atoms with Crippen LogP contribution in [-0.4, -0.2) is 182 Å². The fraction of sp³-hybridized carbons (Fsp3) is 0.344. The molecule has 0 bridgehead atoms. The summed E-state index contributed by atoms with van der Waals surface area (Å²) >= 11 is 15.7. The molecule has 2 aromatic heterocycles. The maximum atomic E-state index is 14.0. The molecule has 4 saturated heterocycles. The van der Waals surface area contributed by atoms with Gasteiger partial charge in [0.05, 0.1) is 50.7 Å². The Labute approximate surface area is 551 Å². The van der Waals surface area contributed by atoms with Crippen LogP contribution in [0.2, 0.25) is 10.0 Å². The molecule has 2 N–H and O–H groups in total. The SMILES string of the molecule is CCOC(=O)COCc1ccc(N2C[C@@H]3CN(CC4=C(C(=O)OC)[C@H](c5ccc(F)cc5Cl)N=C(c5nccs5)N4)CCN3C2=O)cc1.COC(=O)C1=C(CN2CCN3C(=O)N(c4ccc(COC(C)=O)cc4)C[C@@H]3C2)NC(c2nccs2)=N[C@H]1c1ccc(F)cc1Cl. The number of amidine groups is 2. The Morgan fingerprint density at radius 2 is 1.06 bits per heavy atom. The number of urea groups is 2. The van der Waals surface area contributed by atoms with Crippen molar-refractivity contribution in [2.45, 2.75) is 51.2 Å². The molecule has 23 nitrogen and oxygen atoms in total. The van der Waals surface area contributed by atoms with Crippen LogP contribution >= 0.6 is 45.9 Å². The molecular weight excluding hydrogens is 1290 g/mol. The number of methoxy groups -OCH3 is 2. The van der Waals surface area contributed by atoms with Gasteiger partial charge in [-0.15, -0.1) is 22.7 Å². The van der Waals surface area contributed by atoms with E-state index < -0.39 is 41.6 Å². The third kappa shape index (κ3) is 15.0. The Kier molecular flexibility index (Phi) is 20.9. The van der Waals surface area contributed by atoms with Crippen LogP contribution in [0.1, 0.15) is 58.2 Å². The summed E-state index contributed by atoms with van der Waals surface area (Å²) in [6, 6.07) is 20.9. The number of halogens is 4. The molecule has 12 rings (SSSR count). The first-order valence-corrected chi connectivity index (χ1v) is 32.2. The topological polar surface area (TPSA) is 243 Å². The number of hydrogen-bond donors (Lipinski definition) is 2. The molecule has 0 unspecified atom stereocenters. The van der Waals surface area contributed by atoms with Gasteiger partial charge in [-0.25, -0.2) is 42.7 Å². The second-order valence-electron chi connectivity index (χ2n) is 22.1. The number of amides is 4. The van der Waals surface area contributed by atoms with Gasteiger partial charge < -0.3 is 44.1 Å². The monoisotopic (exact) mass is 1350 g/mol. The van der Waals surface area contributed by atoms with E-state index in [4.69, 9.17) is 56.9 Å². The summed E-state index contributed by atoms with van der Waals surface area (Å²) in [5, 5.41) is 11.8. The van der Waals surface area contributed by atoms with Crippen molar-refractivity contribution in [2.75, 3.05) is 103 Å². The first-order valence-electron chi connectivity index (χ1n) is 29.6. The number of piperazine rings is 2. The van der Waals surface area contributed by atoms with E-state index in [9.17, 15) is 37.5 Å². The number of nitrogens with zero attached hydrogens (tertiary/aromatic N) is 10. The molecule has 6 aromatic rings. The number of hydrogen-bond acceptors (Lipinski definition) is 21. The zero-order chi connectivity index (χ0) is 65.4. The number of esters is 4. The standard InChI is InChI=1S/C33H34ClFN6O6S.C31H30ClFN6O5S/c1-3-47-27(42)19-46-18-20-4-7-22(8-5-20)41-16-23-15-39(11-12-40(23)33(41)44)17-26-28(32(43)45-2)29(24-9-6-21(35)14-25(24)34)38-30(37-26)31-36-10-13-48-31;1-18(40)44-17-19-3-6-21(7-4-19)39-15-22-14-37(10-11-38(22)31(39)42)16-25-26(30(41)43-2)27(23-8-5-20(33)13-24(23)32)36-28(35-25)29-34-9-12-45-29/h4-10,13-14,23,29H,3,11-12,15-19H2,1-2H3,(H,37,38);3-9,12-13,22,27H,10-11,14-17H2,1-2H3,(H,35,36)/t23-,29-;22-,27-/m00/s1. The lowest BCUT2D eigenvalue weighted by Crippen LogP contribution is -2.53. The number of benzene rings is 4. The molecule has 6 aliphatic rings. The first kappa shape index (κ1) is 65.8. The van der Waals surface area contributed by atoms with Crippen molar-refractivity contribution in [3.8, 4) is 0 Å². The Morgan fingerprint density at radius 3 is 1.46 bits per heavy atom. The second kappa shape index (κ2) is 29.5. The Morgan fingerprint density at radius 1 is 0.613 bits per heavy atom. The van der Waals surface area contributed by atoms with Gasteiger partial charge in [0, 0.05) is 139 Å². The van der Waals surface area contributed by atoms with Crippen LogP contribution in [0, 0.1) is 11.6 Å². The summed E-state index contributed by atoms with van der Waals surface area (Å²) in [4.78, 5) is 106. The van der Waals surface area contributed by atoms with E-state index >= 15 is 0 Å². The van der Waals surface area contributed by atoms with Crippen LogP contribution < -0.4 is 20.4 Å². The van der Waals surface area contributed by atoms with E-state index in [-0.39, 0.29) is 71.1 Å². The summed E-state index contributed by atoms with van der Waals surface area (Å²) in [7, 11) is 2.60. The van der Waals surface area contributed by atoms with E-state index in [0.717, 1.165) is 22.5 Å². The molecule has 0 radical (unpaired) electrons. The van der Waals surface area contributed by atoms with Crippen molar-refractivity contribution in [1.29, 1.82) is 0 Å². The fourth-order valence-electron chi connectivity index (χ4n) is 11.8. The van der Waals surface area contributed by atoms with Crippen LogP contribution in [0.15, 0.2) is 141 Å². The first-order chi connectivity index (χ1) is 45.0. The normalized spacial score (nSPS) is 19.8. The molecule has 4 atom stereocenters. The average Bonchev–Trinajstić information content (AvgIpc) is 1.68. The van der Waals surface area contributed by atoms with Crippen molar-refractivity contribution < 1.29 is 61.2 Å². The number of fused-ring (bicyclic) bond motifs is 2. The lowest BCUT2D eigenvalue weighted by atomic mass is 9.95. The van der Waals surface area contributed by atoms with Gasteiger partial charge in [0.1, 0.15) is 36.9 Å². The third-order valence-corrected chi connectivity index (χ3v) is 18.4. The highest BCUT2D eigenvalue weighted by atomic mass is 35.5. The summed E-state index contributed by atoms with van der Waals surface area (Å²) in [6.45, 7) is 8.64. The van der Waals surface area contributed by atoms with Gasteiger partial charge in [0.2, 0.25) is 0 Å². The molecule has 93 heavy (non-hydrogen) atoms. The summed E-state index contributed by atoms with van der Waals surface area (Å²) in [6.07, 6.45) is 3.33. The molecule has 4 fully saturated rings. The molecule has 0 spiro atoms. The van der Waals surface area contributed by atoms with Crippen LogP contribution in [0.3, 0.4) is 0 Å². The van der Waals surface area contributed by atoms with Crippen LogP contribution in [0.4, 0.5) is 29.7 Å². The number of rotatable bonds is 19. The van der Waals surface area contributed by atoms with Gasteiger partial charge in [0.25, 0.3) is 0 Å². The predicted octanol–water partition coefficient (Wildman–Crippen LogP) is 8.30. The Hall–Kier alpha value is -8.70. The minimum atomic E-state index is -0.857. The van der Waals surface area contributed by atoms with E-state index in [1.807, 2.05) is 69.1 Å². The molecule has 4 aromatic carbocycles. The summed E-state index contributed by atoms with van der Waals surface area (Å²) in [5.41, 5.74) is 5.85. The molecule has 0 aliphatic carbocycles. The molecule has 486 valence electrons. The molecule has 6 aliphatic heterocycles. The maximum Gasteiger partial charge on any atom is 0.338 e. The van der Waals surface area contributed by atoms with Crippen molar-refractivity contribution in [3.63, 3.8) is 0 Å². The molecule has 4 amide bonds. The number of ether oxygens (including phenoxy) is 5. The molecule has 8 heterocycles. The zero-order valence-electron chi connectivity index (χ0n) is 50.9. The number of thiazole rings is 2. The van der Waals surface area contributed by atoms with Gasteiger partial charge in [-0.1, -0.05) is 59.6 Å². The van der Waals surface area contributed by atoms with Gasteiger partial charge in [-0.2, -0.15) is 0 Å². The number of anilines is 2. The van der Waals surface area contributed by atoms with E-state index in [1.165, 1.54) is 80.2 Å². The van der Waals surface area contributed by atoms with Crippen LogP contribution in [0.25, 0.3) is 0 Å². The minimum absolute atomic E-state index is 0.0677. The fourth-order valence-corrected chi connectivity index (χ4v) is 13.5. The number of nitrogens with one attached hydrogen (secondary N) is 2. The molecule has 29 heteroatoms. The Bertz CT molecular complexity index is 3920. The van der Waals surface area contributed by atoms with E-state index in [1.54, 1.807) is 29.1 Å². The van der Waals surface area contributed by atoms with E-state index in [0.29, 0.717) is 116 Å². The third-order valence-electron chi connectivity index (χ3n) is 16.2. The predicted molar refractivity (Wildman–Crippen MR) is 344 cm³/mol. The van der Waals surface area contributed by atoms with Gasteiger partial charge in [-0.05, 0) is 66.6 Å². The second-order valence-corrected chi connectivity index (χ2v) is 24.7. The van der Waals surface area contributed by atoms with Crippen LogP contribution in [0.5, 0.6) is 0 Å². The highest BCUT2D eigenvalue weighted by Crippen LogP contribution is 2.40. The van der Waals surface area contributed by atoms with Crippen molar-refractivity contribution in [2.24, 2.45) is 9.98 Å². The smallest absolute Gasteiger partial charge is 0.338 e. The zero-order valence-corrected chi connectivity index (χ0v) is 54.0. The quantitative estimate of drug-likeness (QED) is 0.0572.